The summed E-state index contributed by atoms with van der Waals surface area (Å²) in [6.07, 6.45) is 1.39. The molecule has 0 aliphatic carbocycles. The second-order valence-corrected chi connectivity index (χ2v) is 4.49. The smallest absolute Gasteiger partial charge is 0.0105 e. The first kappa shape index (κ1) is 8.48. The summed E-state index contributed by atoms with van der Waals surface area (Å²) in [6.45, 7) is 7.06. The molecular weight excluding hydrogens is 150 g/mol. The highest BCUT2D eigenvalue weighted by molar-refractivity contribution is 5.00. The lowest BCUT2D eigenvalue weighted by Gasteiger charge is -2.48. The van der Waals surface area contributed by atoms with Gasteiger partial charge in [-0.15, -0.1) is 0 Å². The van der Waals surface area contributed by atoms with Crippen molar-refractivity contribution < 1.29 is 0 Å². The Morgan fingerprint density at radius 2 is 2.08 bits per heavy atom. The van der Waals surface area contributed by atoms with Crippen molar-refractivity contribution in [3.63, 3.8) is 0 Å². The molecule has 0 radical (unpaired) electrons. The van der Waals surface area contributed by atoms with Crippen molar-refractivity contribution in [3.05, 3.63) is 0 Å². The van der Waals surface area contributed by atoms with Gasteiger partial charge in [0.2, 0.25) is 0 Å². The highest BCUT2D eigenvalue weighted by atomic mass is 15.3. The summed E-state index contributed by atoms with van der Waals surface area (Å²) in [5.41, 5.74) is 6.16. The number of rotatable bonds is 2. The lowest BCUT2D eigenvalue weighted by atomic mass is 9.79. The molecular formula is C9H19N3. The molecule has 0 bridgehead atoms. The van der Waals surface area contributed by atoms with Crippen LogP contribution in [0.15, 0.2) is 0 Å². The van der Waals surface area contributed by atoms with Crippen molar-refractivity contribution in [1.82, 2.24) is 9.80 Å². The quantitative estimate of drug-likeness (QED) is 0.609. The fourth-order valence-corrected chi connectivity index (χ4v) is 2.66. The fraction of sp³-hybridized carbons (Fsp3) is 1.00. The van der Waals surface area contributed by atoms with Gasteiger partial charge in [-0.1, -0.05) is 0 Å². The SMILES string of the molecule is CN1CCC2(C1)CN(CCN)C2. The Balaban J connectivity index is 1.79. The minimum Gasteiger partial charge on any atom is -0.329 e. The maximum Gasteiger partial charge on any atom is 0.0105 e. The van der Waals surface area contributed by atoms with Gasteiger partial charge in [-0.25, -0.2) is 0 Å². The first-order chi connectivity index (χ1) is 5.74. The minimum absolute atomic E-state index is 0.657. The van der Waals surface area contributed by atoms with Crippen molar-refractivity contribution in [3.8, 4) is 0 Å². The molecule has 0 aromatic heterocycles. The average molecular weight is 169 g/mol. The summed E-state index contributed by atoms with van der Waals surface area (Å²) in [5, 5.41) is 0. The predicted molar refractivity (Wildman–Crippen MR) is 50.0 cm³/mol. The van der Waals surface area contributed by atoms with E-state index in [1.807, 2.05) is 0 Å². The molecule has 2 rings (SSSR count). The van der Waals surface area contributed by atoms with Crippen LogP contribution in [0.1, 0.15) is 6.42 Å². The third-order valence-corrected chi connectivity index (χ3v) is 3.19. The Morgan fingerprint density at radius 1 is 1.33 bits per heavy atom. The molecule has 2 aliphatic heterocycles. The van der Waals surface area contributed by atoms with E-state index >= 15 is 0 Å². The Morgan fingerprint density at radius 3 is 2.58 bits per heavy atom. The second kappa shape index (κ2) is 2.98. The maximum absolute atomic E-state index is 5.50. The molecule has 3 heteroatoms. The topological polar surface area (TPSA) is 32.5 Å². The molecule has 0 amide bonds. The van der Waals surface area contributed by atoms with Gasteiger partial charge in [-0.05, 0) is 20.0 Å². The lowest BCUT2D eigenvalue weighted by Crippen LogP contribution is -2.58. The minimum atomic E-state index is 0.657. The van der Waals surface area contributed by atoms with Crippen LogP contribution >= 0.6 is 0 Å². The molecule has 2 saturated heterocycles. The van der Waals surface area contributed by atoms with Crippen molar-refractivity contribution >= 4 is 0 Å². The molecule has 0 aromatic carbocycles. The van der Waals surface area contributed by atoms with Gasteiger partial charge in [0.05, 0.1) is 0 Å². The summed E-state index contributed by atoms with van der Waals surface area (Å²) in [6, 6.07) is 0. The van der Waals surface area contributed by atoms with Gasteiger partial charge >= 0.3 is 0 Å². The van der Waals surface area contributed by atoms with Crippen LogP contribution in [-0.4, -0.2) is 56.1 Å². The number of hydrogen-bond donors (Lipinski definition) is 1. The van der Waals surface area contributed by atoms with E-state index in [9.17, 15) is 0 Å². The van der Waals surface area contributed by atoms with Crippen LogP contribution in [0.5, 0.6) is 0 Å². The first-order valence-electron chi connectivity index (χ1n) is 4.85. The van der Waals surface area contributed by atoms with Crippen LogP contribution in [-0.2, 0) is 0 Å². The summed E-state index contributed by atoms with van der Waals surface area (Å²) < 4.78 is 0. The molecule has 70 valence electrons. The van der Waals surface area contributed by atoms with E-state index in [2.05, 4.69) is 16.8 Å². The molecule has 2 aliphatic rings. The maximum atomic E-state index is 5.50. The van der Waals surface area contributed by atoms with Gasteiger partial charge in [0.1, 0.15) is 0 Å². The third kappa shape index (κ3) is 1.37. The fourth-order valence-electron chi connectivity index (χ4n) is 2.66. The second-order valence-electron chi connectivity index (χ2n) is 4.49. The molecule has 0 unspecified atom stereocenters. The predicted octanol–water partition coefficient (Wildman–Crippen LogP) is -0.417. The zero-order valence-corrected chi connectivity index (χ0v) is 7.92. The van der Waals surface area contributed by atoms with Crippen molar-refractivity contribution in [2.75, 3.05) is 46.3 Å². The Bertz CT molecular complexity index is 163. The monoisotopic (exact) mass is 169 g/mol. The molecule has 2 N–H and O–H groups in total. The number of nitrogens with zero attached hydrogens (tertiary/aromatic N) is 2. The first-order valence-corrected chi connectivity index (χ1v) is 4.85. The van der Waals surface area contributed by atoms with E-state index in [0.29, 0.717) is 5.41 Å². The zero-order valence-electron chi connectivity index (χ0n) is 7.92. The summed E-state index contributed by atoms with van der Waals surface area (Å²) >= 11 is 0. The van der Waals surface area contributed by atoms with Crippen molar-refractivity contribution in [2.24, 2.45) is 11.1 Å². The number of nitrogens with two attached hydrogens (primary N) is 1. The molecule has 2 heterocycles. The molecule has 2 fully saturated rings. The molecule has 0 aromatic rings. The van der Waals surface area contributed by atoms with E-state index < -0.39 is 0 Å². The van der Waals surface area contributed by atoms with Crippen molar-refractivity contribution in [1.29, 1.82) is 0 Å². The van der Waals surface area contributed by atoms with Gasteiger partial charge < -0.3 is 15.5 Å². The molecule has 1 spiro atoms. The van der Waals surface area contributed by atoms with Crippen LogP contribution < -0.4 is 5.73 Å². The Kier molecular flexibility index (Phi) is 2.10. The largest absolute Gasteiger partial charge is 0.329 e. The van der Waals surface area contributed by atoms with E-state index in [1.54, 1.807) is 0 Å². The summed E-state index contributed by atoms with van der Waals surface area (Å²) in [5.74, 6) is 0. The summed E-state index contributed by atoms with van der Waals surface area (Å²) in [7, 11) is 2.22. The van der Waals surface area contributed by atoms with Crippen LogP contribution in [0.4, 0.5) is 0 Å². The van der Waals surface area contributed by atoms with Gasteiger partial charge in [-0.3, -0.25) is 0 Å². The van der Waals surface area contributed by atoms with Crippen LogP contribution in [0, 0.1) is 5.41 Å². The average Bonchev–Trinajstić information content (AvgIpc) is 2.31. The Labute approximate surface area is 74.5 Å². The van der Waals surface area contributed by atoms with Gasteiger partial charge in [0.25, 0.3) is 0 Å². The summed E-state index contributed by atoms with van der Waals surface area (Å²) in [4.78, 5) is 4.92. The van der Waals surface area contributed by atoms with Crippen LogP contribution in [0.3, 0.4) is 0 Å². The number of likely N-dealkylation sites (tertiary alicyclic amines) is 2. The van der Waals surface area contributed by atoms with E-state index in [4.69, 9.17) is 5.73 Å². The van der Waals surface area contributed by atoms with Crippen LogP contribution in [0.25, 0.3) is 0 Å². The highest BCUT2D eigenvalue weighted by Crippen LogP contribution is 2.38. The normalized spacial score (nSPS) is 29.5. The standard InChI is InChI=1S/C9H19N3/c1-11-4-2-9(6-11)7-12(8-9)5-3-10/h2-8,10H2,1H3. The van der Waals surface area contributed by atoms with E-state index in [-0.39, 0.29) is 0 Å². The third-order valence-electron chi connectivity index (χ3n) is 3.19. The molecule has 0 saturated carbocycles. The Hall–Kier alpha value is -0.120. The molecule has 0 atom stereocenters. The van der Waals surface area contributed by atoms with E-state index in [0.717, 1.165) is 13.1 Å². The highest BCUT2D eigenvalue weighted by Gasteiger charge is 2.45. The van der Waals surface area contributed by atoms with E-state index in [1.165, 1.54) is 32.6 Å². The van der Waals surface area contributed by atoms with Gasteiger partial charge in [0, 0.05) is 38.1 Å². The van der Waals surface area contributed by atoms with Gasteiger partial charge in [-0.2, -0.15) is 0 Å². The molecule has 3 nitrogen and oxygen atoms in total. The van der Waals surface area contributed by atoms with Crippen LogP contribution in [0.2, 0.25) is 0 Å². The lowest BCUT2D eigenvalue weighted by molar-refractivity contribution is 0.0130. The zero-order chi connectivity index (χ0) is 8.60. The van der Waals surface area contributed by atoms with Crippen molar-refractivity contribution in [2.45, 2.75) is 6.42 Å². The number of hydrogen-bond acceptors (Lipinski definition) is 3. The molecule has 12 heavy (non-hydrogen) atoms. The van der Waals surface area contributed by atoms with Gasteiger partial charge in [0.15, 0.2) is 0 Å².